The molecule has 1 aliphatic carbocycles. The van der Waals surface area contributed by atoms with Crippen molar-refractivity contribution in [1.82, 2.24) is 24.1 Å². The Kier molecular flexibility index (Phi) is 6.96. The number of nitrogens with zero attached hydrogens (tertiary/aromatic N) is 5. The summed E-state index contributed by atoms with van der Waals surface area (Å²) in [5, 5.41) is 0.436. The van der Waals surface area contributed by atoms with Gasteiger partial charge in [0.25, 0.3) is 0 Å². The first kappa shape index (κ1) is 26.7. The SMILES string of the molecule is CC(C)(C)[S+]([O-])N[C@@H]1c2ccccc2CC12CCN(c1ncc(Sc3ccnc(N)c3Cl)c3nccn13)CC2. The zero-order valence-corrected chi connectivity index (χ0v) is 24.6. The van der Waals surface area contributed by atoms with Gasteiger partial charge in [0.1, 0.15) is 10.6 Å². The van der Waals surface area contributed by atoms with Crippen LogP contribution in [0.2, 0.25) is 5.02 Å². The highest BCUT2D eigenvalue weighted by molar-refractivity contribution is 7.99. The van der Waals surface area contributed by atoms with E-state index in [0.29, 0.717) is 10.8 Å². The normalized spacial score (nSPS) is 19.5. The van der Waals surface area contributed by atoms with Gasteiger partial charge in [-0.3, -0.25) is 4.40 Å². The van der Waals surface area contributed by atoms with Crippen LogP contribution < -0.4 is 15.4 Å². The smallest absolute Gasteiger partial charge is 0.211 e. The second-order valence-electron chi connectivity index (χ2n) is 11.3. The average molecular weight is 582 g/mol. The van der Waals surface area contributed by atoms with Crippen molar-refractivity contribution in [3.63, 3.8) is 0 Å². The lowest BCUT2D eigenvalue weighted by Crippen LogP contribution is -2.50. The minimum atomic E-state index is -1.15. The van der Waals surface area contributed by atoms with Crippen LogP contribution >= 0.6 is 23.4 Å². The Hall–Kier alpha value is -2.50. The van der Waals surface area contributed by atoms with Gasteiger partial charge >= 0.3 is 0 Å². The van der Waals surface area contributed by atoms with E-state index in [1.807, 2.05) is 43.6 Å². The molecule has 1 unspecified atom stereocenters. The van der Waals surface area contributed by atoms with E-state index in [4.69, 9.17) is 22.3 Å². The molecule has 0 saturated carbocycles. The third kappa shape index (κ3) is 4.86. The topological polar surface area (TPSA) is 107 Å². The number of benzene rings is 1. The Morgan fingerprint density at radius 3 is 2.64 bits per heavy atom. The highest BCUT2D eigenvalue weighted by Crippen LogP contribution is 2.53. The van der Waals surface area contributed by atoms with Gasteiger partial charge in [-0.15, -0.1) is 4.72 Å². The van der Waals surface area contributed by atoms with Crippen molar-refractivity contribution in [2.45, 2.75) is 60.6 Å². The Morgan fingerprint density at radius 1 is 1.10 bits per heavy atom. The van der Waals surface area contributed by atoms with E-state index in [-0.39, 0.29) is 16.2 Å². The van der Waals surface area contributed by atoms with Crippen molar-refractivity contribution in [2.24, 2.45) is 5.41 Å². The zero-order chi connectivity index (χ0) is 27.4. The standard InChI is InChI=1S/C28H32ClN7OS2/c1-27(2,3)39(37)34-23-19-7-5-4-6-18(19)16-28(23)9-13-35(14-10-28)26-33-17-21(25-32-12-15-36(25)26)38-20-8-11-31-24(30)22(20)29/h4-8,11-12,15,17,23,34H,9-10,13-14,16H2,1-3H3,(H2,30,31)/t23-,39?/m1/s1. The molecule has 2 aliphatic rings. The monoisotopic (exact) mass is 581 g/mol. The third-order valence-corrected chi connectivity index (χ3v) is 11.0. The third-order valence-electron chi connectivity index (χ3n) is 7.82. The van der Waals surface area contributed by atoms with E-state index in [1.165, 1.54) is 22.9 Å². The van der Waals surface area contributed by atoms with Gasteiger partial charge < -0.3 is 15.2 Å². The lowest BCUT2D eigenvalue weighted by Gasteiger charge is -2.44. The molecule has 1 spiro atoms. The minimum absolute atomic E-state index is 0.0168. The Morgan fingerprint density at radius 2 is 1.87 bits per heavy atom. The van der Waals surface area contributed by atoms with Crippen LogP contribution in [0.1, 0.15) is 50.8 Å². The second kappa shape index (κ2) is 10.2. The van der Waals surface area contributed by atoms with E-state index >= 15 is 0 Å². The molecule has 4 heterocycles. The molecule has 1 aromatic carbocycles. The molecule has 39 heavy (non-hydrogen) atoms. The van der Waals surface area contributed by atoms with Gasteiger partial charge in [-0.05, 0) is 57.2 Å². The van der Waals surface area contributed by atoms with Gasteiger partial charge in [0, 0.05) is 59.5 Å². The first-order valence-corrected chi connectivity index (χ1v) is 15.4. The molecular weight excluding hydrogens is 550 g/mol. The van der Waals surface area contributed by atoms with Crippen LogP contribution in [0, 0.1) is 5.41 Å². The molecule has 8 nitrogen and oxygen atoms in total. The summed E-state index contributed by atoms with van der Waals surface area (Å²) in [5.74, 6) is 1.18. The molecule has 4 aromatic rings. The van der Waals surface area contributed by atoms with Gasteiger partial charge in [-0.25, -0.2) is 15.0 Å². The summed E-state index contributed by atoms with van der Waals surface area (Å²) in [6, 6.07) is 10.5. The number of hydrogen-bond donors (Lipinski definition) is 2. The summed E-state index contributed by atoms with van der Waals surface area (Å²) in [7, 11) is 0. The van der Waals surface area contributed by atoms with Crippen LogP contribution in [0.4, 0.5) is 11.8 Å². The Labute approximate surface area is 241 Å². The number of piperidine rings is 1. The van der Waals surface area contributed by atoms with Gasteiger partial charge in [0.05, 0.1) is 16.0 Å². The van der Waals surface area contributed by atoms with Crippen molar-refractivity contribution in [3.05, 3.63) is 71.3 Å². The van der Waals surface area contributed by atoms with Gasteiger partial charge in [0.15, 0.2) is 5.65 Å². The number of anilines is 2. The Balaban J connectivity index is 1.25. The van der Waals surface area contributed by atoms with E-state index in [0.717, 1.165) is 53.7 Å². The quantitative estimate of drug-likeness (QED) is 0.300. The first-order valence-electron chi connectivity index (χ1n) is 13.1. The van der Waals surface area contributed by atoms with E-state index < -0.39 is 11.4 Å². The number of halogens is 1. The van der Waals surface area contributed by atoms with Crippen molar-refractivity contribution >= 4 is 52.1 Å². The molecule has 1 aliphatic heterocycles. The van der Waals surface area contributed by atoms with Crippen LogP contribution in [-0.4, -0.2) is 41.7 Å². The molecule has 3 aromatic heterocycles. The number of fused-ring (bicyclic) bond motifs is 2. The summed E-state index contributed by atoms with van der Waals surface area (Å²) in [6.07, 6.45) is 10.2. The molecule has 3 N–H and O–H groups in total. The largest absolute Gasteiger partial charge is 0.598 e. The fourth-order valence-electron chi connectivity index (χ4n) is 5.71. The molecular formula is C28H32ClN7OS2. The zero-order valence-electron chi connectivity index (χ0n) is 22.2. The maximum absolute atomic E-state index is 13.2. The molecule has 0 amide bonds. The molecule has 6 rings (SSSR count). The highest BCUT2D eigenvalue weighted by atomic mass is 35.5. The number of nitrogens with two attached hydrogens (primary N) is 1. The van der Waals surface area contributed by atoms with Gasteiger partial charge in [-0.1, -0.05) is 47.6 Å². The van der Waals surface area contributed by atoms with Crippen LogP contribution in [-0.2, 0) is 17.8 Å². The number of nitrogens with one attached hydrogen (secondary N) is 1. The van der Waals surface area contributed by atoms with Gasteiger partial charge in [-0.2, -0.15) is 0 Å². The summed E-state index contributed by atoms with van der Waals surface area (Å²) in [4.78, 5) is 17.6. The van der Waals surface area contributed by atoms with Crippen molar-refractivity contribution in [3.8, 4) is 0 Å². The maximum Gasteiger partial charge on any atom is 0.211 e. The molecule has 2 atom stereocenters. The van der Waals surface area contributed by atoms with Crippen molar-refractivity contribution in [1.29, 1.82) is 0 Å². The van der Waals surface area contributed by atoms with E-state index in [9.17, 15) is 4.55 Å². The number of imidazole rings is 1. The number of hydrogen-bond acceptors (Lipinski definition) is 8. The molecule has 0 bridgehead atoms. The fourth-order valence-corrected chi connectivity index (χ4v) is 7.79. The van der Waals surface area contributed by atoms with E-state index in [2.05, 4.69) is 43.9 Å². The molecule has 1 fully saturated rings. The van der Waals surface area contributed by atoms with Gasteiger partial charge in [0.2, 0.25) is 5.95 Å². The van der Waals surface area contributed by atoms with Crippen molar-refractivity contribution < 1.29 is 4.55 Å². The number of pyridine rings is 1. The summed E-state index contributed by atoms with van der Waals surface area (Å²) in [5.41, 5.74) is 9.39. The van der Waals surface area contributed by atoms with Crippen LogP contribution in [0.25, 0.3) is 5.65 Å². The predicted octanol–water partition coefficient (Wildman–Crippen LogP) is 5.45. The fraction of sp³-hybridized carbons (Fsp3) is 0.393. The minimum Gasteiger partial charge on any atom is -0.598 e. The summed E-state index contributed by atoms with van der Waals surface area (Å²) < 4.78 is 18.5. The van der Waals surface area contributed by atoms with E-state index in [1.54, 1.807) is 12.4 Å². The summed E-state index contributed by atoms with van der Waals surface area (Å²) >= 11 is 6.72. The number of nitrogen functional groups attached to an aromatic ring is 1. The van der Waals surface area contributed by atoms with Crippen LogP contribution in [0.5, 0.6) is 0 Å². The van der Waals surface area contributed by atoms with Crippen molar-refractivity contribution in [2.75, 3.05) is 23.7 Å². The molecule has 1 saturated heterocycles. The predicted molar refractivity (Wildman–Crippen MR) is 159 cm³/mol. The second-order valence-corrected chi connectivity index (χ2v) is 14.8. The summed E-state index contributed by atoms with van der Waals surface area (Å²) in [6.45, 7) is 7.77. The molecule has 11 heteroatoms. The lowest BCUT2D eigenvalue weighted by molar-refractivity contribution is 0.175. The Bertz CT molecular complexity index is 1510. The van der Waals surface area contributed by atoms with Crippen LogP contribution in [0.3, 0.4) is 0 Å². The molecule has 0 radical (unpaired) electrons. The molecule has 204 valence electrons. The number of rotatable bonds is 5. The average Bonchev–Trinajstić information content (AvgIpc) is 3.51. The lowest BCUT2D eigenvalue weighted by atomic mass is 9.73. The van der Waals surface area contributed by atoms with Crippen LogP contribution in [0.15, 0.2) is 64.9 Å². The number of aromatic nitrogens is 4. The first-order chi connectivity index (χ1) is 18.7. The maximum atomic E-state index is 13.2. The highest BCUT2D eigenvalue weighted by Gasteiger charge is 2.50.